The Morgan fingerprint density at radius 2 is 1.74 bits per heavy atom. The highest BCUT2D eigenvalue weighted by molar-refractivity contribution is 6.31. The molecule has 2 N–H and O–H groups in total. The first-order chi connectivity index (χ1) is 16.5. The van der Waals surface area contributed by atoms with E-state index in [1.807, 2.05) is 73.1 Å². The highest BCUT2D eigenvalue weighted by Gasteiger charge is 2.30. The summed E-state index contributed by atoms with van der Waals surface area (Å²) >= 11 is 6.21. The van der Waals surface area contributed by atoms with Gasteiger partial charge in [0, 0.05) is 37.0 Å². The zero-order chi connectivity index (χ0) is 24.1. The topological polar surface area (TPSA) is 79.3 Å². The number of aromatic nitrogens is 2. The van der Waals surface area contributed by atoms with Crippen LogP contribution >= 0.6 is 11.6 Å². The summed E-state index contributed by atoms with van der Waals surface area (Å²) in [5, 5.41) is 11.5. The summed E-state index contributed by atoms with van der Waals surface area (Å²) in [6.07, 6.45) is 1.83. The molecular formula is C26H30ClN5O2. The van der Waals surface area contributed by atoms with Gasteiger partial charge in [0.25, 0.3) is 0 Å². The first kappa shape index (κ1) is 23.8. The van der Waals surface area contributed by atoms with E-state index < -0.39 is 0 Å². The summed E-state index contributed by atoms with van der Waals surface area (Å²) in [4.78, 5) is 27.3. The number of aryl methyl sites for hydroxylation is 1. The standard InChI is InChI=1S/C26H30ClN5O2/c1-3-23(33)29-24-18(2)30-32(21-10-5-4-6-11-21)26(24)31-15-13-19(14-16-31)25(34)28-17-20-9-7-8-12-22(20)27/h4-12,19H,3,13-17H2,1-2H3,(H,28,34)(H,29,33). The van der Waals surface area contributed by atoms with Crippen molar-refractivity contribution in [2.75, 3.05) is 23.3 Å². The van der Waals surface area contributed by atoms with Gasteiger partial charge in [-0.2, -0.15) is 5.10 Å². The van der Waals surface area contributed by atoms with Gasteiger partial charge in [-0.1, -0.05) is 54.9 Å². The zero-order valence-electron chi connectivity index (χ0n) is 19.6. The number of anilines is 2. The Kier molecular flexibility index (Phi) is 7.53. The minimum Gasteiger partial charge on any atom is -0.355 e. The molecule has 1 aliphatic heterocycles. The Morgan fingerprint density at radius 1 is 1.06 bits per heavy atom. The fraction of sp³-hybridized carbons (Fsp3) is 0.346. The maximum absolute atomic E-state index is 12.8. The Labute approximate surface area is 205 Å². The van der Waals surface area contributed by atoms with Gasteiger partial charge in [-0.25, -0.2) is 4.68 Å². The summed E-state index contributed by atoms with van der Waals surface area (Å²) in [6.45, 7) is 5.54. The molecule has 0 saturated carbocycles. The third-order valence-electron chi connectivity index (χ3n) is 6.20. The molecular weight excluding hydrogens is 450 g/mol. The summed E-state index contributed by atoms with van der Waals surface area (Å²) in [5.74, 6) is 0.791. The number of carbonyl (C=O) groups excluding carboxylic acids is 2. The van der Waals surface area contributed by atoms with Crippen molar-refractivity contribution in [3.05, 3.63) is 70.9 Å². The number of hydrogen-bond acceptors (Lipinski definition) is 4. The summed E-state index contributed by atoms with van der Waals surface area (Å²) in [5.41, 5.74) is 3.34. The molecule has 34 heavy (non-hydrogen) atoms. The van der Waals surface area contributed by atoms with Crippen molar-refractivity contribution in [1.29, 1.82) is 0 Å². The van der Waals surface area contributed by atoms with Crippen LogP contribution in [0.25, 0.3) is 5.69 Å². The van der Waals surface area contributed by atoms with Crippen molar-refractivity contribution in [1.82, 2.24) is 15.1 Å². The van der Waals surface area contributed by atoms with Crippen molar-refractivity contribution in [2.24, 2.45) is 5.92 Å². The number of para-hydroxylation sites is 1. The highest BCUT2D eigenvalue weighted by Crippen LogP contribution is 2.35. The van der Waals surface area contributed by atoms with Crippen LogP contribution in [0.1, 0.15) is 37.4 Å². The van der Waals surface area contributed by atoms with Crippen LogP contribution in [-0.2, 0) is 16.1 Å². The van der Waals surface area contributed by atoms with Crippen molar-refractivity contribution in [3.8, 4) is 5.69 Å². The monoisotopic (exact) mass is 479 g/mol. The Morgan fingerprint density at radius 3 is 2.41 bits per heavy atom. The van der Waals surface area contributed by atoms with E-state index in [0.717, 1.165) is 28.5 Å². The summed E-state index contributed by atoms with van der Waals surface area (Å²) in [7, 11) is 0. The molecule has 1 saturated heterocycles. The van der Waals surface area contributed by atoms with E-state index in [-0.39, 0.29) is 17.7 Å². The summed E-state index contributed by atoms with van der Waals surface area (Å²) in [6, 6.07) is 17.4. The molecule has 2 heterocycles. The van der Waals surface area contributed by atoms with E-state index in [9.17, 15) is 9.59 Å². The smallest absolute Gasteiger partial charge is 0.224 e. The molecule has 2 amide bonds. The van der Waals surface area contributed by atoms with Crippen LogP contribution in [0, 0.1) is 12.8 Å². The van der Waals surface area contributed by atoms with Crippen LogP contribution in [0.3, 0.4) is 0 Å². The lowest BCUT2D eigenvalue weighted by molar-refractivity contribution is -0.125. The van der Waals surface area contributed by atoms with Crippen LogP contribution < -0.4 is 15.5 Å². The van der Waals surface area contributed by atoms with Crippen molar-refractivity contribution in [2.45, 2.75) is 39.7 Å². The molecule has 0 atom stereocenters. The molecule has 3 aromatic rings. The molecule has 0 spiro atoms. The number of benzene rings is 2. The normalized spacial score (nSPS) is 14.1. The average molecular weight is 480 g/mol. The van der Waals surface area contributed by atoms with Crippen LogP contribution in [0.15, 0.2) is 54.6 Å². The third kappa shape index (κ3) is 5.25. The van der Waals surface area contributed by atoms with Crippen molar-refractivity contribution >= 4 is 34.9 Å². The lowest BCUT2D eigenvalue weighted by Crippen LogP contribution is -2.41. The maximum atomic E-state index is 12.8. The van der Waals surface area contributed by atoms with E-state index in [1.165, 1.54) is 0 Å². The lowest BCUT2D eigenvalue weighted by atomic mass is 9.95. The fourth-order valence-electron chi connectivity index (χ4n) is 4.25. The van der Waals surface area contributed by atoms with Gasteiger partial charge >= 0.3 is 0 Å². The van der Waals surface area contributed by atoms with E-state index in [0.29, 0.717) is 43.9 Å². The Balaban J connectivity index is 1.49. The van der Waals surface area contributed by atoms with Gasteiger partial charge in [0.15, 0.2) is 5.82 Å². The average Bonchev–Trinajstić information content (AvgIpc) is 3.19. The molecule has 0 unspecified atom stereocenters. The van der Waals surface area contributed by atoms with Crippen LogP contribution in [-0.4, -0.2) is 34.7 Å². The largest absolute Gasteiger partial charge is 0.355 e. The molecule has 0 bridgehead atoms. The van der Waals surface area contributed by atoms with Crippen molar-refractivity contribution in [3.63, 3.8) is 0 Å². The number of piperidine rings is 1. The molecule has 4 rings (SSSR count). The molecule has 1 aromatic heterocycles. The predicted octanol–water partition coefficient (Wildman–Crippen LogP) is 4.72. The van der Waals surface area contributed by atoms with Crippen LogP contribution in [0.4, 0.5) is 11.5 Å². The number of nitrogens with one attached hydrogen (secondary N) is 2. The van der Waals surface area contributed by atoms with E-state index in [4.69, 9.17) is 16.7 Å². The quantitative estimate of drug-likeness (QED) is 0.514. The second-order valence-corrected chi connectivity index (χ2v) is 8.91. The van der Waals surface area contributed by atoms with Gasteiger partial charge in [0.1, 0.15) is 5.69 Å². The van der Waals surface area contributed by atoms with Gasteiger partial charge in [-0.3, -0.25) is 9.59 Å². The second-order valence-electron chi connectivity index (χ2n) is 8.50. The minimum atomic E-state index is -0.0679. The third-order valence-corrected chi connectivity index (χ3v) is 6.57. The zero-order valence-corrected chi connectivity index (χ0v) is 20.3. The van der Waals surface area contributed by atoms with Crippen LogP contribution in [0.2, 0.25) is 5.02 Å². The van der Waals surface area contributed by atoms with E-state index in [1.54, 1.807) is 0 Å². The molecule has 7 nitrogen and oxygen atoms in total. The molecule has 1 aliphatic rings. The summed E-state index contributed by atoms with van der Waals surface area (Å²) < 4.78 is 1.89. The van der Waals surface area contributed by atoms with E-state index in [2.05, 4.69) is 15.5 Å². The Bertz CT molecular complexity index is 1150. The molecule has 178 valence electrons. The first-order valence-electron chi connectivity index (χ1n) is 11.7. The lowest BCUT2D eigenvalue weighted by Gasteiger charge is -2.33. The number of amides is 2. The van der Waals surface area contributed by atoms with E-state index >= 15 is 0 Å². The fourth-order valence-corrected chi connectivity index (χ4v) is 4.45. The SMILES string of the molecule is CCC(=O)Nc1c(C)nn(-c2ccccc2)c1N1CCC(C(=O)NCc2ccccc2Cl)CC1. The number of halogens is 1. The molecule has 0 radical (unpaired) electrons. The Hall–Kier alpha value is -3.32. The van der Waals surface area contributed by atoms with Gasteiger partial charge in [-0.05, 0) is 43.5 Å². The van der Waals surface area contributed by atoms with Gasteiger partial charge < -0.3 is 15.5 Å². The number of nitrogens with zero attached hydrogens (tertiary/aromatic N) is 3. The molecule has 0 aliphatic carbocycles. The molecule has 8 heteroatoms. The predicted molar refractivity (Wildman–Crippen MR) is 135 cm³/mol. The van der Waals surface area contributed by atoms with Gasteiger partial charge in [0.05, 0.1) is 11.4 Å². The second kappa shape index (κ2) is 10.7. The van der Waals surface area contributed by atoms with Gasteiger partial charge in [-0.15, -0.1) is 0 Å². The maximum Gasteiger partial charge on any atom is 0.224 e. The number of hydrogen-bond donors (Lipinski definition) is 2. The molecule has 2 aromatic carbocycles. The number of rotatable bonds is 7. The highest BCUT2D eigenvalue weighted by atomic mass is 35.5. The van der Waals surface area contributed by atoms with Gasteiger partial charge in [0.2, 0.25) is 11.8 Å². The first-order valence-corrected chi connectivity index (χ1v) is 12.1. The number of carbonyl (C=O) groups is 2. The minimum absolute atomic E-state index is 0.0480. The van der Waals surface area contributed by atoms with Crippen LogP contribution in [0.5, 0.6) is 0 Å². The van der Waals surface area contributed by atoms with Crippen molar-refractivity contribution < 1.29 is 9.59 Å². The molecule has 1 fully saturated rings.